The van der Waals surface area contributed by atoms with Gasteiger partial charge in [0.2, 0.25) is 5.89 Å². The third-order valence-electron chi connectivity index (χ3n) is 3.34. The van der Waals surface area contributed by atoms with Crippen molar-refractivity contribution < 1.29 is 9.26 Å². The zero-order valence-electron chi connectivity index (χ0n) is 14.3. The van der Waals surface area contributed by atoms with Crippen LogP contribution in [0.5, 0.6) is 0 Å². The normalized spacial score (nSPS) is 13.0. The van der Waals surface area contributed by atoms with Gasteiger partial charge in [-0.3, -0.25) is 4.90 Å². The first-order valence-corrected chi connectivity index (χ1v) is 7.91. The topological polar surface area (TPSA) is 77.4 Å². The smallest absolute Gasteiger partial charge is 0.240 e. The van der Waals surface area contributed by atoms with Gasteiger partial charge in [0.1, 0.15) is 6.10 Å². The van der Waals surface area contributed by atoms with Gasteiger partial charge < -0.3 is 15.0 Å². The summed E-state index contributed by atoms with van der Waals surface area (Å²) in [5, 5.41) is 4.01. The minimum Gasteiger partial charge on any atom is -0.399 e. The molecule has 23 heavy (non-hydrogen) atoms. The second-order valence-electron chi connectivity index (χ2n) is 6.33. The lowest BCUT2D eigenvalue weighted by molar-refractivity contribution is 0.0402. The fraction of sp³-hybridized carbons (Fsp3) is 0.529. The number of ether oxygens (including phenoxy) is 1. The lowest BCUT2D eigenvalue weighted by atomic mass is 10.2. The number of nitrogens with two attached hydrogens (primary N) is 1. The van der Waals surface area contributed by atoms with E-state index >= 15 is 0 Å². The predicted molar refractivity (Wildman–Crippen MR) is 89.5 cm³/mol. The van der Waals surface area contributed by atoms with E-state index in [0.29, 0.717) is 30.8 Å². The Morgan fingerprint density at radius 1 is 1.26 bits per heavy atom. The molecule has 1 aromatic carbocycles. The molecule has 1 unspecified atom stereocenters. The second-order valence-corrected chi connectivity index (χ2v) is 6.33. The highest BCUT2D eigenvalue weighted by Crippen LogP contribution is 2.16. The molecule has 2 rings (SSSR count). The molecule has 1 atom stereocenters. The third-order valence-corrected chi connectivity index (χ3v) is 3.34. The lowest BCUT2D eigenvalue weighted by Gasteiger charge is -2.14. The summed E-state index contributed by atoms with van der Waals surface area (Å²) < 4.78 is 11.0. The molecule has 2 aromatic rings. The first kappa shape index (κ1) is 17.4. The molecule has 0 fully saturated rings. The number of rotatable bonds is 8. The molecular formula is C17H26N4O2. The quantitative estimate of drug-likeness (QED) is 0.754. The van der Waals surface area contributed by atoms with Gasteiger partial charge in [0, 0.05) is 18.8 Å². The van der Waals surface area contributed by atoms with E-state index in [2.05, 4.69) is 28.9 Å². The highest BCUT2D eigenvalue weighted by Gasteiger charge is 2.16. The van der Waals surface area contributed by atoms with E-state index in [-0.39, 0.29) is 6.10 Å². The summed E-state index contributed by atoms with van der Waals surface area (Å²) in [5.41, 5.74) is 7.72. The molecule has 1 aromatic heterocycles. The van der Waals surface area contributed by atoms with Crippen LogP contribution in [-0.2, 0) is 17.8 Å². The number of hydrogen-bond acceptors (Lipinski definition) is 6. The number of aromatic nitrogens is 2. The van der Waals surface area contributed by atoms with E-state index < -0.39 is 0 Å². The van der Waals surface area contributed by atoms with Crippen molar-refractivity contribution in [1.29, 1.82) is 0 Å². The Bertz CT molecular complexity index is 612. The van der Waals surface area contributed by atoms with Crippen molar-refractivity contribution in [3.8, 4) is 0 Å². The van der Waals surface area contributed by atoms with Crippen LogP contribution in [0, 0.1) is 5.92 Å². The molecule has 126 valence electrons. The van der Waals surface area contributed by atoms with Gasteiger partial charge in [-0.05, 0) is 37.6 Å². The molecule has 0 saturated heterocycles. The molecule has 1 heterocycles. The Morgan fingerprint density at radius 2 is 2.04 bits per heavy atom. The van der Waals surface area contributed by atoms with Gasteiger partial charge >= 0.3 is 0 Å². The fourth-order valence-electron chi connectivity index (χ4n) is 2.20. The van der Waals surface area contributed by atoms with Crippen LogP contribution >= 0.6 is 0 Å². The minimum atomic E-state index is -0.158. The summed E-state index contributed by atoms with van der Waals surface area (Å²) in [6.07, 6.45) is -0.158. The monoisotopic (exact) mass is 318 g/mol. The standard InChI is InChI=1S/C17H26N4O2/c1-12(2)11-22-13(3)17-19-16(23-20-17)10-21(4)9-14-6-5-7-15(18)8-14/h5-8,12-13H,9-11,18H2,1-4H3. The van der Waals surface area contributed by atoms with Crippen LogP contribution in [0.15, 0.2) is 28.8 Å². The van der Waals surface area contributed by atoms with E-state index in [1.165, 1.54) is 0 Å². The summed E-state index contributed by atoms with van der Waals surface area (Å²) >= 11 is 0. The van der Waals surface area contributed by atoms with Gasteiger partial charge in [0.05, 0.1) is 6.54 Å². The zero-order chi connectivity index (χ0) is 16.8. The Morgan fingerprint density at radius 3 is 2.74 bits per heavy atom. The van der Waals surface area contributed by atoms with Crippen molar-refractivity contribution in [2.45, 2.75) is 40.0 Å². The molecule has 0 radical (unpaired) electrons. The Hall–Kier alpha value is -1.92. The van der Waals surface area contributed by atoms with Crippen molar-refractivity contribution in [3.05, 3.63) is 41.5 Å². The third kappa shape index (κ3) is 5.65. The van der Waals surface area contributed by atoms with Gasteiger partial charge in [0.15, 0.2) is 5.82 Å². The van der Waals surface area contributed by atoms with E-state index in [4.69, 9.17) is 15.0 Å². The van der Waals surface area contributed by atoms with E-state index in [0.717, 1.165) is 17.8 Å². The fourth-order valence-corrected chi connectivity index (χ4v) is 2.20. The summed E-state index contributed by atoms with van der Waals surface area (Å²) in [6.45, 7) is 8.19. The molecule has 0 amide bonds. The molecule has 0 bridgehead atoms. The second kappa shape index (κ2) is 8.08. The molecule has 0 saturated carbocycles. The summed E-state index contributed by atoms with van der Waals surface area (Å²) in [7, 11) is 2.01. The number of nitrogens with zero attached hydrogens (tertiary/aromatic N) is 3. The highest BCUT2D eigenvalue weighted by molar-refractivity contribution is 5.40. The van der Waals surface area contributed by atoms with Crippen LogP contribution in [0.2, 0.25) is 0 Å². The average Bonchev–Trinajstić information content (AvgIpc) is 2.93. The van der Waals surface area contributed by atoms with Crippen molar-refractivity contribution >= 4 is 5.69 Å². The van der Waals surface area contributed by atoms with E-state index in [1.807, 2.05) is 38.2 Å². The highest BCUT2D eigenvalue weighted by atomic mass is 16.5. The Labute approximate surface area is 137 Å². The van der Waals surface area contributed by atoms with Gasteiger partial charge in [-0.2, -0.15) is 4.98 Å². The molecule has 6 nitrogen and oxygen atoms in total. The van der Waals surface area contributed by atoms with Gasteiger partial charge in [-0.1, -0.05) is 31.1 Å². The summed E-state index contributed by atoms with van der Waals surface area (Å²) in [5.74, 6) is 1.66. The van der Waals surface area contributed by atoms with Crippen LogP contribution in [0.3, 0.4) is 0 Å². The van der Waals surface area contributed by atoms with Crippen LogP contribution < -0.4 is 5.73 Å². The zero-order valence-corrected chi connectivity index (χ0v) is 14.3. The molecule has 2 N–H and O–H groups in total. The lowest BCUT2D eigenvalue weighted by Crippen LogP contribution is -2.17. The van der Waals surface area contributed by atoms with Crippen LogP contribution in [-0.4, -0.2) is 28.7 Å². The predicted octanol–water partition coefficient (Wildman–Crippen LogP) is 3.02. The maximum Gasteiger partial charge on any atom is 0.240 e. The number of anilines is 1. The van der Waals surface area contributed by atoms with E-state index in [1.54, 1.807) is 0 Å². The SMILES string of the molecule is CC(C)COC(C)c1noc(CN(C)Cc2cccc(N)c2)n1. The first-order valence-electron chi connectivity index (χ1n) is 7.91. The maximum atomic E-state index is 5.80. The van der Waals surface area contributed by atoms with Crippen LogP contribution in [0.4, 0.5) is 5.69 Å². The van der Waals surface area contributed by atoms with Crippen molar-refractivity contribution in [2.75, 3.05) is 19.4 Å². The molecular weight excluding hydrogens is 292 g/mol. The number of benzene rings is 1. The average molecular weight is 318 g/mol. The summed E-state index contributed by atoms with van der Waals surface area (Å²) in [6, 6.07) is 7.86. The Kier molecular flexibility index (Phi) is 6.12. The van der Waals surface area contributed by atoms with Crippen molar-refractivity contribution in [2.24, 2.45) is 5.92 Å². The van der Waals surface area contributed by atoms with Crippen LogP contribution in [0.1, 0.15) is 44.2 Å². The number of nitrogen functional groups attached to an aromatic ring is 1. The largest absolute Gasteiger partial charge is 0.399 e. The molecule has 0 aliphatic heterocycles. The van der Waals surface area contributed by atoms with Crippen LogP contribution in [0.25, 0.3) is 0 Å². The molecule has 0 spiro atoms. The van der Waals surface area contributed by atoms with Gasteiger partial charge in [-0.25, -0.2) is 0 Å². The molecule has 0 aliphatic carbocycles. The summed E-state index contributed by atoms with van der Waals surface area (Å²) in [4.78, 5) is 6.52. The van der Waals surface area contributed by atoms with Crippen molar-refractivity contribution in [3.63, 3.8) is 0 Å². The molecule has 0 aliphatic rings. The minimum absolute atomic E-state index is 0.158. The Balaban J connectivity index is 1.88. The molecule has 6 heteroatoms. The maximum absolute atomic E-state index is 5.80. The van der Waals surface area contributed by atoms with E-state index in [9.17, 15) is 0 Å². The van der Waals surface area contributed by atoms with Gasteiger partial charge in [0.25, 0.3) is 0 Å². The first-order chi connectivity index (χ1) is 10.9. The van der Waals surface area contributed by atoms with Crippen molar-refractivity contribution in [1.82, 2.24) is 15.0 Å². The number of hydrogen-bond donors (Lipinski definition) is 1. The van der Waals surface area contributed by atoms with Gasteiger partial charge in [-0.15, -0.1) is 0 Å².